The van der Waals surface area contributed by atoms with Crippen LogP contribution in [-0.4, -0.2) is 10.5 Å². The number of carbonyl (C=O) groups excluding carboxylic acids is 1. The van der Waals surface area contributed by atoms with E-state index in [1.54, 1.807) is 19.2 Å². The molecule has 0 saturated carbocycles. The van der Waals surface area contributed by atoms with E-state index in [9.17, 15) is 14.0 Å². The second kappa shape index (κ2) is 5.48. The third-order valence-corrected chi connectivity index (χ3v) is 3.42. The molecule has 0 atom stereocenters. The van der Waals surface area contributed by atoms with Crippen molar-refractivity contribution < 1.29 is 13.6 Å². The number of halogens is 1. The lowest BCUT2D eigenvalue weighted by Gasteiger charge is -2.05. The first-order valence-corrected chi connectivity index (χ1v) is 6.67. The Kier molecular flexibility index (Phi) is 3.50. The minimum atomic E-state index is -0.428. The monoisotopic (exact) mass is 300 g/mol. The molecule has 0 aliphatic heterocycles. The third-order valence-electron chi connectivity index (χ3n) is 3.42. The highest BCUT2D eigenvalue weighted by atomic mass is 19.1. The van der Waals surface area contributed by atoms with Crippen molar-refractivity contribution in [2.75, 3.05) is 0 Å². The highest BCUT2D eigenvalue weighted by Gasteiger charge is 2.08. The van der Waals surface area contributed by atoms with E-state index in [0.29, 0.717) is 16.7 Å². The molecule has 6 heteroatoms. The fourth-order valence-electron chi connectivity index (χ4n) is 2.17. The van der Waals surface area contributed by atoms with Gasteiger partial charge in [-0.15, -0.1) is 0 Å². The van der Waals surface area contributed by atoms with Gasteiger partial charge in [-0.1, -0.05) is 6.07 Å². The van der Waals surface area contributed by atoms with Gasteiger partial charge in [0.25, 0.3) is 5.91 Å². The topological polar surface area (TPSA) is 64.2 Å². The molecule has 5 nitrogen and oxygen atoms in total. The van der Waals surface area contributed by atoms with Crippen molar-refractivity contribution in [2.45, 2.75) is 6.54 Å². The minimum absolute atomic E-state index is 0.282. The molecule has 3 aromatic rings. The van der Waals surface area contributed by atoms with Crippen molar-refractivity contribution in [3.05, 3.63) is 70.0 Å². The summed E-state index contributed by atoms with van der Waals surface area (Å²) in [4.78, 5) is 23.4. The molecule has 0 unspecified atom stereocenters. The van der Waals surface area contributed by atoms with Gasteiger partial charge in [-0.2, -0.15) is 0 Å². The Morgan fingerprint density at radius 3 is 2.68 bits per heavy atom. The zero-order valence-electron chi connectivity index (χ0n) is 11.8. The molecular weight excluding hydrogens is 287 g/mol. The molecule has 2 aromatic carbocycles. The number of nitrogens with one attached hydrogen (secondary N) is 1. The fraction of sp³-hybridized carbons (Fsp3) is 0.125. The van der Waals surface area contributed by atoms with E-state index in [2.05, 4.69) is 5.32 Å². The summed E-state index contributed by atoms with van der Waals surface area (Å²) in [6.07, 6.45) is 0. The van der Waals surface area contributed by atoms with Crippen LogP contribution in [-0.2, 0) is 13.6 Å². The van der Waals surface area contributed by atoms with Crippen molar-refractivity contribution in [2.24, 2.45) is 7.05 Å². The maximum absolute atomic E-state index is 12.8. The average Bonchev–Trinajstić information content (AvgIpc) is 2.80. The molecule has 1 heterocycles. The van der Waals surface area contributed by atoms with Gasteiger partial charge in [-0.05, 0) is 42.0 Å². The summed E-state index contributed by atoms with van der Waals surface area (Å²) in [5.74, 6) is -1.11. The Labute approximate surface area is 125 Å². The van der Waals surface area contributed by atoms with Crippen LogP contribution in [0.2, 0.25) is 0 Å². The molecule has 3 rings (SSSR count). The first kappa shape index (κ1) is 14.1. The zero-order chi connectivity index (χ0) is 15.7. The summed E-state index contributed by atoms with van der Waals surface area (Å²) in [5.41, 5.74) is 2.35. The van der Waals surface area contributed by atoms with Crippen molar-refractivity contribution >= 4 is 17.0 Å². The largest absolute Gasteiger partial charge is 0.419 e. The Morgan fingerprint density at radius 1 is 1.23 bits per heavy atom. The van der Waals surface area contributed by atoms with E-state index in [1.165, 1.54) is 28.8 Å². The molecule has 0 aliphatic carbocycles. The van der Waals surface area contributed by atoms with Crippen LogP contribution < -0.4 is 11.1 Å². The Bertz CT molecular complexity index is 894. The fourth-order valence-corrected chi connectivity index (χ4v) is 2.17. The highest BCUT2D eigenvalue weighted by molar-refractivity contribution is 5.94. The number of oxazole rings is 1. The first-order chi connectivity index (χ1) is 10.5. The van der Waals surface area contributed by atoms with Gasteiger partial charge in [0.05, 0.1) is 5.52 Å². The molecule has 112 valence electrons. The number of hydrogen-bond acceptors (Lipinski definition) is 3. The van der Waals surface area contributed by atoms with Crippen LogP contribution in [0.25, 0.3) is 11.1 Å². The summed E-state index contributed by atoms with van der Waals surface area (Å²) in [5, 5.41) is 2.73. The Hall–Kier alpha value is -2.89. The number of fused-ring (bicyclic) bond motifs is 1. The maximum atomic E-state index is 12.8. The second-order valence-electron chi connectivity index (χ2n) is 4.92. The summed E-state index contributed by atoms with van der Waals surface area (Å²) in [6, 6.07) is 10.6. The zero-order valence-corrected chi connectivity index (χ0v) is 11.8. The molecule has 0 bridgehead atoms. The number of amides is 1. The number of benzene rings is 2. The number of carbonyl (C=O) groups is 1. The van der Waals surface area contributed by atoms with E-state index in [4.69, 9.17) is 4.42 Å². The molecule has 1 N–H and O–H groups in total. The predicted octanol–water partition coefficient (Wildman–Crippen LogP) is 2.20. The molecular formula is C16H13FN2O3. The van der Waals surface area contributed by atoms with Crippen LogP contribution >= 0.6 is 0 Å². The van der Waals surface area contributed by atoms with Gasteiger partial charge < -0.3 is 9.73 Å². The van der Waals surface area contributed by atoms with Gasteiger partial charge in [0.1, 0.15) is 5.82 Å². The highest BCUT2D eigenvalue weighted by Crippen LogP contribution is 2.14. The molecule has 1 aromatic heterocycles. The average molecular weight is 300 g/mol. The quantitative estimate of drug-likeness (QED) is 0.806. The number of aromatic nitrogens is 1. The van der Waals surface area contributed by atoms with Gasteiger partial charge >= 0.3 is 5.76 Å². The van der Waals surface area contributed by atoms with Crippen molar-refractivity contribution in [3.63, 3.8) is 0 Å². The third kappa shape index (κ3) is 2.63. The normalized spacial score (nSPS) is 10.8. The Balaban J connectivity index is 1.74. The van der Waals surface area contributed by atoms with E-state index < -0.39 is 5.76 Å². The van der Waals surface area contributed by atoms with Gasteiger partial charge in [-0.25, -0.2) is 9.18 Å². The molecule has 0 saturated heterocycles. The first-order valence-electron chi connectivity index (χ1n) is 6.67. The lowest BCUT2D eigenvalue weighted by atomic mass is 10.2. The lowest BCUT2D eigenvalue weighted by Crippen LogP contribution is -2.22. The van der Waals surface area contributed by atoms with Crippen LogP contribution in [0.1, 0.15) is 15.9 Å². The van der Waals surface area contributed by atoms with Crippen LogP contribution in [0.15, 0.2) is 51.7 Å². The van der Waals surface area contributed by atoms with Gasteiger partial charge in [0.15, 0.2) is 5.58 Å². The summed E-state index contributed by atoms with van der Waals surface area (Å²) in [7, 11) is 1.63. The van der Waals surface area contributed by atoms with Gasteiger partial charge in [-0.3, -0.25) is 9.36 Å². The summed E-state index contributed by atoms with van der Waals surface area (Å²) >= 11 is 0. The van der Waals surface area contributed by atoms with Crippen molar-refractivity contribution in [1.29, 1.82) is 0 Å². The van der Waals surface area contributed by atoms with Crippen LogP contribution in [0, 0.1) is 5.82 Å². The second-order valence-corrected chi connectivity index (χ2v) is 4.92. The van der Waals surface area contributed by atoms with Crippen LogP contribution in [0.3, 0.4) is 0 Å². The SMILES string of the molecule is Cn1c(=O)oc2cc(CNC(=O)c3ccc(F)cc3)ccc21. The smallest absolute Gasteiger partial charge is 0.408 e. The van der Waals surface area contributed by atoms with Crippen molar-refractivity contribution in [1.82, 2.24) is 9.88 Å². The van der Waals surface area contributed by atoms with Gasteiger partial charge in [0, 0.05) is 19.2 Å². The molecule has 0 spiro atoms. The standard InChI is InChI=1S/C16H13FN2O3/c1-19-13-7-2-10(8-14(13)22-16(19)21)9-18-15(20)11-3-5-12(17)6-4-11/h2-8H,9H2,1H3,(H,18,20). The minimum Gasteiger partial charge on any atom is -0.408 e. The van der Waals surface area contributed by atoms with Crippen LogP contribution in [0.4, 0.5) is 4.39 Å². The predicted molar refractivity (Wildman–Crippen MR) is 79.0 cm³/mol. The van der Waals surface area contributed by atoms with E-state index in [0.717, 1.165) is 5.56 Å². The Morgan fingerprint density at radius 2 is 1.95 bits per heavy atom. The summed E-state index contributed by atoms with van der Waals surface area (Å²) in [6.45, 7) is 0.282. The molecule has 0 fully saturated rings. The lowest BCUT2D eigenvalue weighted by molar-refractivity contribution is 0.0951. The number of rotatable bonds is 3. The summed E-state index contributed by atoms with van der Waals surface area (Å²) < 4.78 is 19.3. The molecule has 1 amide bonds. The number of aryl methyl sites for hydroxylation is 1. The van der Waals surface area contributed by atoms with Gasteiger partial charge in [0.2, 0.25) is 0 Å². The van der Waals surface area contributed by atoms with E-state index >= 15 is 0 Å². The number of nitrogens with zero attached hydrogens (tertiary/aromatic N) is 1. The molecule has 22 heavy (non-hydrogen) atoms. The van der Waals surface area contributed by atoms with E-state index in [1.807, 2.05) is 6.07 Å². The number of hydrogen-bond donors (Lipinski definition) is 1. The molecule has 0 radical (unpaired) electrons. The van der Waals surface area contributed by atoms with Crippen molar-refractivity contribution in [3.8, 4) is 0 Å². The van der Waals surface area contributed by atoms with Crippen LogP contribution in [0.5, 0.6) is 0 Å². The maximum Gasteiger partial charge on any atom is 0.419 e. The van der Waals surface area contributed by atoms with E-state index in [-0.39, 0.29) is 18.3 Å². The molecule has 0 aliphatic rings.